The van der Waals surface area contributed by atoms with Crippen LogP contribution in [0.3, 0.4) is 0 Å². The van der Waals surface area contributed by atoms with E-state index < -0.39 is 5.60 Å². The van der Waals surface area contributed by atoms with E-state index in [2.05, 4.69) is 29.0 Å². The molecule has 0 aromatic rings. The van der Waals surface area contributed by atoms with Crippen LogP contribution >= 0.6 is 0 Å². The summed E-state index contributed by atoms with van der Waals surface area (Å²) < 4.78 is 0. The molecule has 124 valence electrons. The van der Waals surface area contributed by atoms with E-state index in [-0.39, 0.29) is 18.0 Å². The van der Waals surface area contributed by atoms with Gasteiger partial charge in [-0.1, -0.05) is 13.3 Å². The zero-order chi connectivity index (χ0) is 16.0. The van der Waals surface area contributed by atoms with Crippen LogP contribution in [0.1, 0.15) is 47.5 Å². The third kappa shape index (κ3) is 6.76. The molecule has 0 bridgehead atoms. The topological polar surface area (TPSA) is 55.8 Å². The molecule has 0 saturated carbocycles. The van der Waals surface area contributed by atoms with E-state index in [0.717, 1.165) is 39.0 Å². The van der Waals surface area contributed by atoms with Crippen molar-refractivity contribution >= 4 is 5.91 Å². The molecule has 1 aliphatic rings. The van der Waals surface area contributed by atoms with E-state index in [0.29, 0.717) is 6.54 Å². The normalized spacial score (nSPS) is 21.0. The second-order valence-electron chi connectivity index (χ2n) is 7.00. The van der Waals surface area contributed by atoms with E-state index in [1.807, 2.05) is 20.8 Å². The maximum atomic E-state index is 12.2. The molecule has 1 amide bonds. The molecule has 1 fully saturated rings. The third-order valence-corrected chi connectivity index (χ3v) is 4.05. The summed E-state index contributed by atoms with van der Waals surface area (Å²) in [7, 11) is 0. The molecule has 1 rings (SSSR count). The van der Waals surface area contributed by atoms with Crippen LogP contribution in [0.25, 0.3) is 0 Å². The second-order valence-corrected chi connectivity index (χ2v) is 7.00. The van der Waals surface area contributed by atoms with Gasteiger partial charge in [-0.2, -0.15) is 0 Å². The van der Waals surface area contributed by atoms with Crippen molar-refractivity contribution in [1.29, 1.82) is 0 Å². The van der Waals surface area contributed by atoms with Crippen molar-refractivity contribution in [3.05, 3.63) is 0 Å². The molecule has 1 saturated heterocycles. The van der Waals surface area contributed by atoms with E-state index in [1.54, 1.807) is 0 Å². The van der Waals surface area contributed by atoms with Gasteiger partial charge >= 0.3 is 0 Å². The molecule has 5 nitrogen and oxygen atoms in total. The van der Waals surface area contributed by atoms with Crippen molar-refractivity contribution in [1.82, 2.24) is 15.1 Å². The Morgan fingerprint density at radius 2 is 1.81 bits per heavy atom. The Bertz CT molecular complexity index is 320. The monoisotopic (exact) mass is 299 g/mol. The quantitative estimate of drug-likeness (QED) is 0.738. The number of carbonyl (C=O) groups excluding carboxylic acids is 1. The van der Waals surface area contributed by atoms with Crippen LogP contribution in [0.15, 0.2) is 0 Å². The third-order valence-electron chi connectivity index (χ3n) is 4.05. The fraction of sp³-hybridized carbons (Fsp3) is 0.938. The van der Waals surface area contributed by atoms with Crippen LogP contribution < -0.4 is 5.32 Å². The lowest BCUT2D eigenvalue weighted by Gasteiger charge is -2.39. The molecule has 1 heterocycles. The number of nitrogens with one attached hydrogen (secondary N) is 1. The Morgan fingerprint density at radius 3 is 2.29 bits per heavy atom. The molecule has 0 aliphatic carbocycles. The Morgan fingerprint density at radius 1 is 1.24 bits per heavy atom. The van der Waals surface area contributed by atoms with Crippen LogP contribution in [0.2, 0.25) is 0 Å². The lowest BCUT2D eigenvalue weighted by atomic mass is 10.1. The van der Waals surface area contributed by atoms with Crippen LogP contribution in [0, 0.1) is 0 Å². The van der Waals surface area contributed by atoms with E-state index in [9.17, 15) is 9.90 Å². The Balaban J connectivity index is 2.37. The first-order valence-corrected chi connectivity index (χ1v) is 8.22. The lowest BCUT2D eigenvalue weighted by Crippen LogP contribution is -2.56. The molecule has 2 atom stereocenters. The predicted octanol–water partition coefficient (Wildman–Crippen LogP) is 1.07. The van der Waals surface area contributed by atoms with E-state index in [1.165, 1.54) is 0 Å². The number of piperazine rings is 1. The standard InChI is InChI=1S/C16H33N3O2/c1-6-7-13(2)17-15(20)14(3)19-10-8-18(9-11-19)12-16(4,5)21/h13-14,21H,6-12H2,1-5H3,(H,17,20). The SMILES string of the molecule is CCCC(C)NC(=O)C(C)N1CCN(CC(C)(C)O)CC1. The predicted molar refractivity (Wildman–Crippen MR) is 86.3 cm³/mol. The molecular weight excluding hydrogens is 266 g/mol. The molecule has 2 N–H and O–H groups in total. The van der Waals surface area contributed by atoms with E-state index in [4.69, 9.17) is 0 Å². The molecule has 1 aliphatic heterocycles. The summed E-state index contributed by atoms with van der Waals surface area (Å²) in [6.45, 7) is 14.1. The highest BCUT2D eigenvalue weighted by Gasteiger charge is 2.28. The lowest BCUT2D eigenvalue weighted by molar-refractivity contribution is -0.127. The fourth-order valence-corrected chi connectivity index (χ4v) is 2.89. The minimum atomic E-state index is -0.652. The van der Waals surface area contributed by atoms with Crippen LogP contribution in [0.4, 0.5) is 0 Å². The number of rotatable bonds is 7. The van der Waals surface area contributed by atoms with Crippen molar-refractivity contribution in [3.63, 3.8) is 0 Å². The van der Waals surface area contributed by atoms with Gasteiger partial charge in [0.2, 0.25) is 5.91 Å². The first-order valence-electron chi connectivity index (χ1n) is 8.22. The Labute approximate surface area is 129 Å². The Kier molecular flexibility index (Phi) is 7.10. The molecule has 0 aromatic heterocycles. The van der Waals surface area contributed by atoms with Gasteiger partial charge < -0.3 is 10.4 Å². The summed E-state index contributed by atoms with van der Waals surface area (Å²) in [5, 5.41) is 13.0. The molecule has 2 unspecified atom stereocenters. The summed E-state index contributed by atoms with van der Waals surface area (Å²) in [6, 6.07) is 0.176. The molecule has 5 heteroatoms. The number of amides is 1. The molecular formula is C16H33N3O2. The number of nitrogens with zero attached hydrogens (tertiary/aromatic N) is 2. The van der Waals surface area contributed by atoms with Gasteiger partial charge in [0.1, 0.15) is 0 Å². The van der Waals surface area contributed by atoms with Gasteiger partial charge in [-0.05, 0) is 34.1 Å². The zero-order valence-electron chi connectivity index (χ0n) is 14.4. The average Bonchev–Trinajstić information content (AvgIpc) is 2.37. The molecule has 0 aromatic carbocycles. The van der Waals surface area contributed by atoms with Gasteiger partial charge in [0.15, 0.2) is 0 Å². The summed E-state index contributed by atoms with van der Waals surface area (Å²) in [4.78, 5) is 16.7. The average molecular weight is 299 g/mol. The highest BCUT2D eigenvalue weighted by molar-refractivity contribution is 5.81. The maximum absolute atomic E-state index is 12.2. The molecule has 0 spiro atoms. The fourth-order valence-electron chi connectivity index (χ4n) is 2.89. The largest absolute Gasteiger partial charge is 0.389 e. The number of hydrogen-bond acceptors (Lipinski definition) is 4. The minimum absolute atomic E-state index is 0.0754. The van der Waals surface area contributed by atoms with Crippen molar-refractivity contribution in [2.45, 2.75) is 65.1 Å². The summed E-state index contributed by atoms with van der Waals surface area (Å²) in [5.41, 5.74) is -0.652. The molecule has 21 heavy (non-hydrogen) atoms. The first-order chi connectivity index (χ1) is 9.73. The van der Waals surface area contributed by atoms with Gasteiger partial charge in [0, 0.05) is 38.8 Å². The second kappa shape index (κ2) is 8.11. The summed E-state index contributed by atoms with van der Waals surface area (Å²) >= 11 is 0. The Hall–Kier alpha value is -0.650. The van der Waals surface area contributed by atoms with Crippen molar-refractivity contribution in [2.75, 3.05) is 32.7 Å². The van der Waals surface area contributed by atoms with Crippen molar-refractivity contribution in [2.24, 2.45) is 0 Å². The maximum Gasteiger partial charge on any atom is 0.237 e. The summed E-state index contributed by atoms with van der Waals surface area (Å²) in [5.74, 6) is 0.131. The van der Waals surface area contributed by atoms with Crippen LogP contribution in [-0.4, -0.2) is 71.2 Å². The van der Waals surface area contributed by atoms with Gasteiger partial charge in [0.05, 0.1) is 11.6 Å². The van der Waals surface area contributed by atoms with Gasteiger partial charge in [-0.25, -0.2) is 0 Å². The molecule has 0 radical (unpaired) electrons. The van der Waals surface area contributed by atoms with Gasteiger partial charge in [0.25, 0.3) is 0 Å². The highest BCUT2D eigenvalue weighted by atomic mass is 16.3. The first kappa shape index (κ1) is 18.4. The van der Waals surface area contributed by atoms with Crippen molar-refractivity contribution in [3.8, 4) is 0 Å². The van der Waals surface area contributed by atoms with Crippen LogP contribution in [0.5, 0.6) is 0 Å². The van der Waals surface area contributed by atoms with Crippen molar-refractivity contribution < 1.29 is 9.90 Å². The highest BCUT2D eigenvalue weighted by Crippen LogP contribution is 2.11. The zero-order valence-corrected chi connectivity index (χ0v) is 14.4. The number of hydrogen-bond donors (Lipinski definition) is 2. The van der Waals surface area contributed by atoms with Gasteiger partial charge in [-0.15, -0.1) is 0 Å². The number of β-amino-alcohol motifs (C(OH)–C–C–N with tert-alkyl or cyclic N) is 1. The number of carbonyl (C=O) groups is 1. The number of aliphatic hydroxyl groups is 1. The van der Waals surface area contributed by atoms with Crippen LogP contribution in [-0.2, 0) is 4.79 Å². The smallest absolute Gasteiger partial charge is 0.237 e. The minimum Gasteiger partial charge on any atom is -0.389 e. The van der Waals surface area contributed by atoms with E-state index >= 15 is 0 Å². The van der Waals surface area contributed by atoms with Gasteiger partial charge in [-0.3, -0.25) is 14.6 Å². The summed E-state index contributed by atoms with van der Waals surface area (Å²) in [6.07, 6.45) is 2.11.